The van der Waals surface area contributed by atoms with E-state index in [0.29, 0.717) is 23.9 Å². The Labute approximate surface area is 155 Å². The minimum absolute atomic E-state index is 0.105. The van der Waals surface area contributed by atoms with Gasteiger partial charge in [0.2, 0.25) is 5.91 Å². The zero-order chi connectivity index (χ0) is 19.0. The molecule has 1 atom stereocenters. The normalized spacial score (nSPS) is 16.8. The third-order valence-corrected chi connectivity index (χ3v) is 4.64. The average Bonchev–Trinajstić information content (AvgIpc) is 3.28. The quantitative estimate of drug-likeness (QED) is 0.703. The van der Waals surface area contributed by atoms with E-state index in [9.17, 15) is 9.18 Å². The van der Waals surface area contributed by atoms with Gasteiger partial charge in [-0.25, -0.2) is 4.39 Å². The summed E-state index contributed by atoms with van der Waals surface area (Å²) in [7, 11) is 1.40. The number of ether oxygens (including phenoxy) is 1. The van der Waals surface area contributed by atoms with Crippen molar-refractivity contribution >= 4 is 11.6 Å². The number of halogens is 1. The molecule has 0 radical (unpaired) electrons. The molecule has 1 unspecified atom stereocenters. The van der Waals surface area contributed by atoms with Gasteiger partial charge < -0.3 is 14.2 Å². The molecule has 1 aromatic heterocycles. The van der Waals surface area contributed by atoms with E-state index >= 15 is 0 Å². The van der Waals surface area contributed by atoms with E-state index in [1.54, 1.807) is 6.07 Å². The van der Waals surface area contributed by atoms with Gasteiger partial charge in [-0.15, -0.1) is 0 Å². The van der Waals surface area contributed by atoms with E-state index in [4.69, 9.17) is 9.26 Å². The van der Waals surface area contributed by atoms with Crippen LogP contribution in [0.3, 0.4) is 0 Å². The second-order valence-corrected chi connectivity index (χ2v) is 6.55. The zero-order valence-corrected chi connectivity index (χ0v) is 15.0. The van der Waals surface area contributed by atoms with Crippen LogP contribution >= 0.6 is 0 Å². The van der Waals surface area contributed by atoms with Crippen LogP contribution in [0.4, 0.5) is 10.1 Å². The van der Waals surface area contributed by atoms with Crippen molar-refractivity contribution in [1.29, 1.82) is 0 Å². The fourth-order valence-corrected chi connectivity index (χ4v) is 3.25. The maximum absolute atomic E-state index is 14.0. The standard InChI is InChI=1S/C20H18FN3O3/c1-12-4-3-5-13(8-12)20-22-19(23-27-20)14-9-18(25)24(11-14)15-6-7-17(26-2)16(21)10-15/h3-8,10,14H,9,11H2,1-2H3. The van der Waals surface area contributed by atoms with Crippen LogP contribution in [0.2, 0.25) is 0 Å². The number of carbonyl (C=O) groups excluding carboxylic acids is 1. The van der Waals surface area contributed by atoms with Gasteiger partial charge in [-0.3, -0.25) is 4.79 Å². The molecule has 1 aliphatic rings. The summed E-state index contributed by atoms with van der Waals surface area (Å²) < 4.78 is 24.3. The molecule has 0 aliphatic carbocycles. The van der Waals surface area contributed by atoms with Crippen LogP contribution in [0.15, 0.2) is 47.0 Å². The second kappa shape index (κ2) is 6.83. The van der Waals surface area contributed by atoms with E-state index in [-0.39, 0.29) is 24.0 Å². The number of nitrogens with zero attached hydrogens (tertiary/aromatic N) is 3. The van der Waals surface area contributed by atoms with Gasteiger partial charge in [0.05, 0.1) is 7.11 Å². The molecular formula is C20H18FN3O3. The van der Waals surface area contributed by atoms with Crippen molar-refractivity contribution in [3.63, 3.8) is 0 Å². The first-order valence-corrected chi connectivity index (χ1v) is 8.59. The van der Waals surface area contributed by atoms with Crippen molar-refractivity contribution in [3.8, 4) is 17.2 Å². The molecule has 4 rings (SSSR count). The number of benzene rings is 2. The van der Waals surface area contributed by atoms with Crippen molar-refractivity contribution < 1.29 is 18.4 Å². The molecule has 1 saturated heterocycles. The molecule has 0 N–H and O–H groups in total. The molecular weight excluding hydrogens is 349 g/mol. The number of rotatable bonds is 4. The number of aromatic nitrogens is 2. The number of methoxy groups -OCH3 is 1. The van der Waals surface area contributed by atoms with Crippen LogP contribution < -0.4 is 9.64 Å². The predicted molar refractivity (Wildman–Crippen MR) is 97.1 cm³/mol. The van der Waals surface area contributed by atoms with Gasteiger partial charge >= 0.3 is 0 Å². The lowest BCUT2D eigenvalue weighted by Crippen LogP contribution is -2.24. The lowest BCUT2D eigenvalue weighted by molar-refractivity contribution is -0.117. The first-order chi connectivity index (χ1) is 13.0. The highest BCUT2D eigenvalue weighted by atomic mass is 19.1. The van der Waals surface area contributed by atoms with Crippen molar-refractivity contribution in [2.24, 2.45) is 0 Å². The Morgan fingerprint density at radius 1 is 1.26 bits per heavy atom. The minimum atomic E-state index is -0.507. The maximum Gasteiger partial charge on any atom is 0.257 e. The molecule has 0 saturated carbocycles. The Kier molecular flexibility index (Phi) is 4.35. The smallest absolute Gasteiger partial charge is 0.257 e. The van der Waals surface area contributed by atoms with Gasteiger partial charge in [-0.05, 0) is 31.2 Å². The van der Waals surface area contributed by atoms with Gasteiger partial charge in [0.1, 0.15) is 0 Å². The van der Waals surface area contributed by atoms with Crippen LogP contribution in [0, 0.1) is 12.7 Å². The third-order valence-electron chi connectivity index (χ3n) is 4.64. The molecule has 2 aromatic carbocycles. The molecule has 27 heavy (non-hydrogen) atoms. The Morgan fingerprint density at radius 2 is 2.11 bits per heavy atom. The van der Waals surface area contributed by atoms with E-state index in [0.717, 1.165) is 11.1 Å². The number of aryl methyl sites for hydroxylation is 1. The van der Waals surface area contributed by atoms with Crippen molar-refractivity contribution in [2.45, 2.75) is 19.3 Å². The van der Waals surface area contributed by atoms with Crippen LogP contribution in [0.5, 0.6) is 5.75 Å². The summed E-state index contributed by atoms with van der Waals surface area (Å²) in [5, 5.41) is 4.05. The summed E-state index contributed by atoms with van der Waals surface area (Å²) in [6.07, 6.45) is 0.250. The van der Waals surface area contributed by atoms with Gasteiger partial charge in [-0.2, -0.15) is 4.98 Å². The molecule has 1 fully saturated rings. The Morgan fingerprint density at radius 3 is 2.85 bits per heavy atom. The molecule has 6 nitrogen and oxygen atoms in total. The zero-order valence-electron chi connectivity index (χ0n) is 15.0. The topological polar surface area (TPSA) is 68.5 Å². The summed E-state index contributed by atoms with van der Waals surface area (Å²) in [5.74, 6) is 0.235. The molecule has 1 amide bonds. The van der Waals surface area contributed by atoms with Crippen molar-refractivity contribution in [1.82, 2.24) is 10.1 Å². The summed E-state index contributed by atoms with van der Waals surface area (Å²) in [5.41, 5.74) is 2.42. The van der Waals surface area contributed by atoms with Gasteiger partial charge in [0.25, 0.3) is 5.89 Å². The number of amides is 1. The Hall–Kier alpha value is -3.22. The SMILES string of the molecule is COc1ccc(N2CC(c3noc(-c4cccc(C)c4)n3)CC2=O)cc1F. The van der Waals surface area contributed by atoms with Crippen LogP contribution in [-0.2, 0) is 4.79 Å². The molecule has 7 heteroatoms. The molecule has 1 aliphatic heterocycles. The number of hydrogen-bond acceptors (Lipinski definition) is 5. The van der Waals surface area contributed by atoms with Crippen LogP contribution in [-0.4, -0.2) is 29.7 Å². The summed E-state index contributed by atoms with van der Waals surface area (Å²) >= 11 is 0. The largest absolute Gasteiger partial charge is 0.494 e. The summed E-state index contributed by atoms with van der Waals surface area (Å²) in [4.78, 5) is 18.4. The van der Waals surface area contributed by atoms with E-state index in [1.165, 1.54) is 24.1 Å². The van der Waals surface area contributed by atoms with Gasteiger partial charge in [-0.1, -0.05) is 22.9 Å². The highest BCUT2D eigenvalue weighted by molar-refractivity contribution is 5.96. The van der Waals surface area contributed by atoms with Crippen molar-refractivity contribution in [2.75, 3.05) is 18.6 Å². The molecule has 138 valence electrons. The van der Waals surface area contributed by atoms with E-state index in [1.807, 2.05) is 31.2 Å². The predicted octanol–water partition coefficient (Wildman–Crippen LogP) is 3.71. The molecule has 2 heterocycles. The Bertz CT molecular complexity index is 1000. The van der Waals surface area contributed by atoms with Crippen LogP contribution in [0.1, 0.15) is 23.7 Å². The highest BCUT2D eigenvalue weighted by Gasteiger charge is 2.35. The van der Waals surface area contributed by atoms with Crippen molar-refractivity contribution in [3.05, 3.63) is 59.7 Å². The summed E-state index contributed by atoms with van der Waals surface area (Å²) in [6, 6.07) is 12.2. The lowest BCUT2D eigenvalue weighted by Gasteiger charge is -2.16. The van der Waals surface area contributed by atoms with E-state index < -0.39 is 5.82 Å². The fourth-order valence-electron chi connectivity index (χ4n) is 3.25. The first-order valence-electron chi connectivity index (χ1n) is 8.59. The third kappa shape index (κ3) is 3.28. The minimum Gasteiger partial charge on any atom is -0.494 e. The molecule has 3 aromatic rings. The van der Waals surface area contributed by atoms with Gasteiger partial charge in [0, 0.05) is 36.2 Å². The summed E-state index contributed by atoms with van der Waals surface area (Å²) in [6.45, 7) is 2.36. The second-order valence-electron chi connectivity index (χ2n) is 6.55. The first kappa shape index (κ1) is 17.2. The number of hydrogen-bond donors (Lipinski definition) is 0. The average molecular weight is 367 g/mol. The lowest BCUT2D eigenvalue weighted by atomic mass is 10.1. The fraction of sp³-hybridized carbons (Fsp3) is 0.250. The van der Waals surface area contributed by atoms with Crippen LogP contribution in [0.25, 0.3) is 11.5 Å². The monoisotopic (exact) mass is 367 g/mol. The highest BCUT2D eigenvalue weighted by Crippen LogP contribution is 2.33. The molecule has 0 bridgehead atoms. The Balaban J connectivity index is 1.55. The number of anilines is 1. The maximum atomic E-state index is 14.0. The van der Waals surface area contributed by atoms with E-state index in [2.05, 4.69) is 10.1 Å². The van der Waals surface area contributed by atoms with Gasteiger partial charge in [0.15, 0.2) is 17.4 Å². The number of carbonyl (C=O) groups is 1. The molecule has 0 spiro atoms.